The van der Waals surface area contributed by atoms with Gasteiger partial charge in [-0.05, 0) is 17.7 Å². The Labute approximate surface area is 103 Å². The van der Waals surface area contributed by atoms with Crippen LogP contribution in [0.25, 0.3) is 0 Å². The number of ether oxygens (including phenoxy) is 1. The number of aromatic hydroxyl groups is 1. The number of hydrogen-bond donors (Lipinski definition) is 3. The Balaban J connectivity index is 2.09. The first-order valence-corrected chi connectivity index (χ1v) is 5.52. The third-order valence-electron chi connectivity index (χ3n) is 2.46. The average Bonchev–Trinajstić information content (AvgIpc) is 2.70. The molecule has 6 heteroatoms. The minimum absolute atomic E-state index is 0.214. The summed E-state index contributed by atoms with van der Waals surface area (Å²) in [5.41, 5.74) is 5.99. The zero-order chi connectivity index (χ0) is 13.0. The maximum atomic E-state index is 11.3. The molecule has 1 aromatic carbocycles. The van der Waals surface area contributed by atoms with E-state index < -0.39 is 5.56 Å². The zero-order valence-electron chi connectivity index (χ0n) is 9.68. The lowest BCUT2D eigenvalue weighted by atomic mass is 10.1. The van der Waals surface area contributed by atoms with Crippen molar-refractivity contribution in [2.24, 2.45) is 5.73 Å². The van der Waals surface area contributed by atoms with Crippen LogP contribution in [0, 0.1) is 0 Å². The van der Waals surface area contributed by atoms with Crippen LogP contribution in [0.15, 0.2) is 33.6 Å². The average molecular weight is 250 g/mol. The van der Waals surface area contributed by atoms with Crippen molar-refractivity contribution in [1.29, 1.82) is 0 Å². The molecule has 96 valence electrons. The number of aromatic amines is 1. The highest BCUT2D eigenvalue weighted by atomic mass is 16.6. The maximum Gasteiger partial charge on any atom is 0.313 e. The van der Waals surface area contributed by atoms with E-state index in [1.807, 2.05) is 12.1 Å². The van der Waals surface area contributed by atoms with Gasteiger partial charge in [0.25, 0.3) is 5.56 Å². The normalized spacial score (nSPS) is 10.5. The number of hydrogen-bond acceptors (Lipinski definition) is 5. The molecule has 0 aliphatic heterocycles. The fraction of sp³-hybridized carbons (Fsp3) is 0.250. The molecule has 0 fully saturated rings. The van der Waals surface area contributed by atoms with Gasteiger partial charge in [-0.3, -0.25) is 4.79 Å². The molecular formula is C12H14N2O4. The molecule has 0 atom stereocenters. The monoisotopic (exact) mass is 250 g/mol. The number of rotatable bonds is 5. The molecule has 0 amide bonds. The predicted molar refractivity (Wildman–Crippen MR) is 64.8 cm³/mol. The molecule has 0 aliphatic carbocycles. The third-order valence-corrected chi connectivity index (χ3v) is 2.46. The van der Waals surface area contributed by atoms with Crippen molar-refractivity contribution in [1.82, 2.24) is 5.16 Å². The van der Waals surface area contributed by atoms with E-state index in [9.17, 15) is 9.90 Å². The lowest BCUT2D eigenvalue weighted by Gasteiger charge is -2.05. The van der Waals surface area contributed by atoms with Gasteiger partial charge >= 0.3 is 5.95 Å². The highest BCUT2D eigenvalue weighted by molar-refractivity contribution is 5.32. The number of aromatic nitrogens is 1. The minimum atomic E-state index is -0.420. The molecule has 18 heavy (non-hydrogen) atoms. The van der Waals surface area contributed by atoms with E-state index in [1.165, 1.54) is 0 Å². The van der Waals surface area contributed by atoms with E-state index in [-0.39, 0.29) is 11.5 Å². The van der Waals surface area contributed by atoms with Crippen molar-refractivity contribution in [2.45, 2.75) is 6.42 Å². The quantitative estimate of drug-likeness (QED) is 0.721. The van der Waals surface area contributed by atoms with E-state index in [4.69, 9.17) is 10.5 Å². The summed E-state index contributed by atoms with van der Waals surface area (Å²) in [5, 5.41) is 11.4. The summed E-state index contributed by atoms with van der Waals surface area (Å²) in [6, 6.07) is 7.21. The lowest BCUT2D eigenvalue weighted by Crippen LogP contribution is -2.10. The second kappa shape index (κ2) is 5.42. The van der Waals surface area contributed by atoms with Crippen LogP contribution >= 0.6 is 0 Å². The molecule has 1 aromatic heterocycles. The summed E-state index contributed by atoms with van der Waals surface area (Å²) in [6.07, 6.45) is 0.300. The Morgan fingerprint density at radius 3 is 2.61 bits per heavy atom. The van der Waals surface area contributed by atoms with Gasteiger partial charge in [-0.25, -0.2) is 0 Å². The van der Waals surface area contributed by atoms with Gasteiger partial charge in [0.15, 0.2) is 0 Å². The number of H-pyrrole nitrogens is 1. The Kier molecular flexibility index (Phi) is 3.69. The molecule has 0 saturated carbocycles. The molecule has 4 N–H and O–H groups in total. The summed E-state index contributed by atoms with van der Waals surface area (Å²) < 4.78 is 9.86. The maximum absolute atomic E-state index is 11.3. The fourth-order valence-electron chi connectivity index (χ4n) is 1.56. The fourth-order valence-corrected chi connectivity index (χ4v) is 1.56. The smallest absolute Gasteiger partial charge is 0.313 e. The van der Waals surface area contributed by atoms with Crippen molar-refractivity contribution < 1.29 is 14.4 Å². The first-order chi connectivity index (χ1) is 8.70. The molecule has 0 saturated heterocycles. The van der Waals surface area contributed by atoms with Crippen LogP contribution < -0.4 is 16.0 Å². The highest BCUT2D eigenvalue weighted by Crippen LogP contribution is 2.18. The van der Waals surface area contributed by atoms with Gasteiger partial charge in [-0.15, -0.1) is 0 Å². The first-order valence-electron chi connectivity index (χ1n) is 5.52. The molecule has 0 radical (unpaired) electrons. The molecule has 0 bridgehead atoms. The van der Waals surface area contributed by atoms with Crippen LogP contribution in [0.2, 0.25) is 0 Å². The zero-order valence-corrected chi connectivity index (χ0v) is 9.68. The van der Waals surface area contributed by atoms with E-state index in [0.717, 1.165) is 11.3 Å². The summed E-state index contributed by atoms with van der Waals surface area (Å²) >= 11 is 0. The highest BCUT2D eigenvalue weighted by Gasteiger charge is 2.11. The summed E-state index contributed by atoms with van der Waals surface area (Å²) in [7, 11) is 0. The van der Waals surface area contributed by atoms with Gasteiger partial charge in [-0.1, -0.05) is 12.1 Å². The SMILES string of the molecule is NCCOc1ccc(Cc2c(O)o[nH]c2=O)cc1. The van der Waals surface area contributed by atoms with Gasteiger partial charge < -0.3 is 20.1 Å². The second-order valence-electron chi connectivity index (χ2n) is 3.77. The number of benzene rings is 1. The van der Waals surface area contributed by atoms with Crippen LogP contribution in [0.3, 0.4) is 0 Å². The Hall–Kier alpha value is -2.21. The third kappa shape index (κ3) is 2.72. The molecule has 0 unspecified atom stereocenters. The van der Waals surface area contributed by atoms with Crippen molar-refractivity contribution in [3.63, 3.8) is 0 Å². The molecule has 2 aromatic rings. The number of nitrogens with one attached hydrogen (secondary N) is 1. The van der Waals surface area contributed by atoms with Crippen LogP contribution in [-0.4, -0.2) is 23.4 Å². The Morgan fingerprint density at radius 1 is 1.33 bits per heavy atom. The summed E-state index contributed by atoms with van der Waals surface area (Å²) in [5.74, 6) is 0.345. The van der Waals surface area contributed by atoms with E-state index in [0.29, 0.717) is 19.6 Å². The van der Waals surface area contributed by atoms with Gasteiger partial charge in [0, 0.05) is 13.0 Å². The predicted octanol–water partition coefficient (Wildman–Crippen LogP) is 0.602. The Morgan fingerprint density at radius 2 is 2.06 bits per heavy atom. The van der Waals surface area contributed by atoms with Crippen LogP contribution in [-0.2, 0) is 6.42 Å². The van der Waals surface area contributed by atoms with E-state index >= 15 is 0 Å². The van der Waals surface area contributed by atoms with E-state index in [2.05, 4.69) is 9.68 Å². The molecule has 2 rings (SSSR count). The van der Waals surface area contributed by atoms with Gasteiger partial charge in [0.05, 0.1) is 0 Å². The molecule has 0 aliphatic rings. The molecule has 0 spiro atoms. The first kappa shape index (κ1) is 12.3. The molecule has 1 heterocycles. The van der Waals surface area contributed by atoms with Crippen molar-refractivity contribution in [3.8, 4) is 11.7 Å². The number of nitrogens with two attached hydrogens (primary N) is 1. The largest absolute Gasteiger partial charge is 0.492 e. The summed E-state index contributed by atoms with van der Waals surface area (Å²) in [6.45, 7) is 0.918. The second-order valence-corrected chi connectivity index (χ2v) is 3.77. The summed E-state index contributed by atoms with van der Waals surface area (Å²) in [4.78, 5) is 11.3. The standard InChI is InChI=1S/C12H14N2O4/c13-5-6-17-9-3-1-8(2-4-9)7-10-11(15)14-18-12(10)16/h1-4,16H,5-7,13H2,(H,14,15). The van der Waals surface area contributed by atoms with Crippen molar-refractivity contribution in [2.75, 3.05) is 13.2 Å². The van der Waals surface area contributed by atoms with Crippen molar-refractivity contribution >= 4 is 0 Å². The minimum Gasteiger partial charge on any atom is -0.492 e. The molecular weight excluding hydrogens is 236 g/mol. The van der Waals surface area contributed by atoms with Crippen LogP contribution in [0.4, 0.5) is 0 Å². The molecule has 6 nitrogen and oxygen atoms in total. The van der Waals surface area contributed by atoms with Crippen molar-refractivity contribution in [3.05, 3.63) is 45.7 Å². The topological polar surface area (TPSA) is 101 Å². The van der Waals surface area contributed by atoms with Gasteiger partial charge in [-0.2, -0.15) is 5.16 Å². The van der Waals surface area contributed by atoms with Gasteiger partial charge in [0.1, 0.15) is 17.9 Å². The van der Waals surface area contributed by atoms with Gasteiger partial charge in [0.2, 0.25) is 0 Å². The van der Waals surface area contributed by atoms with E-state index in [1.54, 1.807) is 12.1 Å². The van der Waals surface area contributed by atoms with Crippen LogP contribution in [0.5, 0.6) is 11.7 Å². The van der Waals surface area contributed by atoms with Crippen LogP contribution in [0.1, 0.15) is 11.1 Å². The Bertz CT molecular complexity index is 556. The lowest BCUT2D eigenvalue weighted by molar-refractivity contribution is 0.274.